The molecule has 0 aromatic heterocycles. The largest absolute Gasteiger partial charge is 0.273 e. The van der Waals surface area contributed by atoms with Gasteiger partial charge in [-0.05, 0) is 50.0 Å². The van der Waals surface area contributed by atoms with Crippen molar-refractivity contribution < 1.29 is 4.79 Å². The zero-order valence-electron chi connectivity index (χ0n) is 15.6. The normalized spacial score (nSPS) is 27.7. The monoisotopic (exact) mass is 344 g/mol. The minimum atomic E-state index is -0.152. The Kier molecular flexibility index (Phi) is 3.23. The number of hydrogen-bond donors (Lipinski definition) is 0. The molecular weight excluding hydrogens is 320 g/mol. The predicted molar refractivity (Wildman–Crippen MR) is 103 cm³/mol. The van der Waals surface area contributed by atoms with Gasteiger partial charge >= 0.3 is 0 Å². The van der Waals surface area contributed by atoms with Gasteiger partial charge in [0.15, 0.2) is 0 Å². The molecule has 26 heavy (non-hydrogen) atoms. The van der Waals surface area contributed by atoms with E-state index in [1.54, 1.807) is 0 Å². The van der Waals surface area contributed by atoms with Gasteiger partial charge < -0.3 is 0 Å². The van der Waals surface area contributed by atoms with Gasteiger partial charge in [0.05, 0.1) is 6.04 Å². The van der Waals surface area contributed by atoms with Crippen LogP contribution >= 0.6 is 0 Å². The fraction of sp³-hybridized carbons (Fsp3) is 0.348. The number of aryl methyl sites for hydroxylation is 1. The fourth-order valence-corrected chi connectivity index (χ4v) is 4.99. The van der Waals surface area contributed by atoms with Crippen LogP contribution in [0.1, 0.15) is 48.6 Å². The van der Waals surface area contributed by atoms with Gasteiger partial charge in [0.1, 0.15) is 0 Å². The number of fused-ring (bicyclic) bond motifs is 5. The lowest BCUT2D eigenvalue weighted by Crippen LogP contribution is -2.43. The van der Waals surface area contributed by atoms with E-state index in [9.17, 15) is 4.79 Å². The summed E-state index contributed by atoms with van der Waals surface area (Å²) in [5.74, 6) is 0.567. The predicted octanol–water partition coefficient (Wildman–Crippen LogP) is 4.49. The third-order valence-corrected chi connectivity index (χ3v) is 6.13. The van der Waals surface area contributed by atoms with Crippen molar-refractivity contribution in [3.8, 4) is 0 Å². The second-order valence-electron chi connectivity index (χ2n) is 8.47. The highest BCUT2D eigenvalue weighted by atomic mass is 16.2. The molecule has 2 unspecified atom stereocenters. The third-order valence-electron chi connectivity index (χ3n) is 6.13. The van der Waals surface area contributed by atoms with Crippen LogP contribution in [0, 0.1) is 12.8 Å². The minimum absolute atomic E-state index is 0.152. The molecule has 1 amide bonds. The average Bonchev–Trinajstić information content (AvgIpc) is 3.19. The summed E-state index contributed by atoms with van der Waals surface area (Å²) in [6.07, 6.45) is 3.81. The van der Waals surface area contributed by atoms with Crippen molar-refractivity contribution in [3.63, 3.8) is 0 Å². The van der Waals surface area contributed by atoms with Crippen LogP contribution in [0.5, 0.6) is 0 Å². The molecule has 3 nitrogen and oxygen atoms in total. The van der Waals surface area contributed by atoms with E-state index in [2.05, 4.69) is 80.4 Å². The first-order valence-electron chi connectivity index (χ1n) is 9.44. The number of amides is 1. The Labute approximate surface area is 154 Å². The van der Waals surface area contributed by atoms with Gasteiger partial charge in [-0.15, -0.1) is 0 Å². The molecule has 2 atom stereocenters. The van der Waals surface area contributed by atoms with Gasteiger partial charge in [-0.1, -0.05) is 54.1 Å². The molecule has 5 rings (SSSR count). The number of hydrogen-bond acceptors (Lipinski definition) is 2. The second kappa shape index (κ2) is 5.31. The highest BCUT2D eigenvalue weighted by Crippen LogP contribution is 2.57. The van der Waals surface area contributed by atoms with Crippen LogP contribution in [-0.4, -0.2) is 21.5 Å². The van der Waals surface area contributed by atoms with E-state index >= 15 is 0 Å². The lowest BCUT2D eigenvalue weighted by Gasteiger charge is -2.35. The standard InChI is InChI=1S/C23H24N2O/c1-15-8-10-16(11-9-15)12-20-19-13-17-6-4-5-7-18(17)22(19)25-23(2,3)14-21(26)24(20)25/h4-12,19,22H,13-14H2,1-3H3/b20-12+. The first-order valence-corrected chi connectivity index (χ1v) is 9.44. The summed E-state index contributed by atoms with van der Waals surface area (Å²) in [6.45, 7) is 6.49. The van der Waals surface area contributed by atoms with Crippen LogP contribution in [0.2, 0.25) is 0 Å². The maximum absolute atomic E-state index is 12.9. The first kappa shape index (κ1) is 15.8. The van der Waals surface area contributed by atoms with E-state index in [1.807, 2.05) is 5.01 Å². The molecule has 132 valence electrons. The average molecular weight is 344 g/mol. The molecule has 2 saturated heterocycles. The second-order valence-corrected chi connectivity index (χ2v) is 8.47. The van der Waals surface area contributed by atoms with Crippen molar-refractivity contribution in [3.05, 3.63) is 76.5 Å². The van der Waals surface area contributed by atoms with Gasteiger partial charge in [-0.2, -0.15) is 5.01 Å². The molecule has 2 fully saturated rings. The highest BCUT2D eigenvalue weighted by Gasteiger charge is 2.59. The number of carbonyl (C=O) groups excluding carboxylic acids is 1. The molecule has 0 bridgehead atoms. The summed E-state index contributed by atoms with van der Waals surface area (Å²) in [6, 6.07) is 17.6. The van der Waals surface area contributed by atoms with Gasteiger partial charge in [0.25, 0.3) is 0 Å². The van der Waals surface area contributed by atoms with Crippen LogP contribution in [-0.2, 0) is 11.2 Å². The van der Waals surface area contributed by atoms with Gasteiger partial charge in [0, 0.05) is 23.6 Å². The number of nitrogens with zero attached hydrogens (tertiary/aromatic N) is 2. The maximum Gasteiger partial charge on any atom is 0.243 e. The van der Waals surface area contributed by atoms with E-state index in [0.29, 0.717) is 12.3 Å². The molecule has 0 radical (unpaired) electrons. The zero-order chi connectivity index (χ0) is 18.1. The minimum Gasteiger partial charge on any atom is -0.273 e. The van der Waals surface area contributed by atoms with Crippen molar-refractivity contribution in [1.29, 1.82) is 0 Å². The zero-order valence-corrected chi connectivity index (χ0v) is 15.6. The Morgan fingerprint density at radius 1 is 1.08 bits per heavy atom. The molecule has 0 N–H and O–H groups in total. The number of hydrazine groups is 1. The van der Waals surface area contributed by atoms with Crippen molar-refractivity contribution >= 4 is 12.0 Å². The van der Waals surface area contributed by atoms with E-state index in [0.717, 1.165) is 12.1 Å². The summed E-state index contributed by atoms with van der Waals surface area (Å²) in [4.78, 5) is 12.9. The summed E-state index contributed by atoms with van der Waals surface area (Å²) in [5, 5.41) is 4.34. The molecule has 0 saturated carbocycles. The van der Waals surface area contributed by atoms with Crippen LogP contribution in [0.4, 0.5) is 0 Å². The lowest BCUT2D eigenvalue weighted by atomic mass is 9.92. The number of benzene rings is 2. The Morgan fingerprint density at radius 2 is 1.81 bits per heavy atom. The van der Waals surface area contributed by atoms with E-state index in [-0.39, 0.29) is 17.5 Å². The number of carbonyl (C=O) groups is 1. The summed E-state index contributed by atoms with van der Waals surface area (Å²) < 4.78 is 0. The summed E-state index contributed by atoms with van der Waals surface area (Å²) in [7, 11) is 0. The molecule has 2 aromatic carbocycles. The van der Waals surface area contributed by atoms with Crippen LogP contribution in [0.15, 0.2) is 54.2 Å². The molecule has 2 aromatic rings. The van der Waals surface area contributed by atoms with E-state index in [4.69, 9.17) is 0 Å². The van der Waals surface area contributed by atoms with Crippen LogP contribution in [0.3, 0.4) is 0 Å². The maximum atomic E-state index is 12.9. The lowest BCUT2D eigenvalue weighted by molar-refractivity contribution is -0.134. The van der Waals surface area contributed by atoms with Crippen molar-refractivity contribution in [1.82, 2.24) is 10.0 Å². The molecule has 3 heteroatoms. The van der Waals surface area contributed by atoms with Crippen LogP contribution in [0.25, 0.3) is 6.08 Å². The highest BCUT2D eigenvalue weighted by molar-refractivity contribution is 5.83. The summed E-state index contributed by atoms with van der Waals surface area (Å²) >= 11 is 0. The fourth-order valence-electron chi connectivity index (χ4n) is 4.99. The molecule has 0 spiro atoms. The third kappa shape index (κ3) is 2.13. The molecule has 2 aliphatic heterocycles. The smallest absolute Gasteiger partial charge is 0.243 e. The van der Waals surface area contributed by atoms with Gasteiger partial charge in [-0.3, -0.25) is 4.79 Å². The Balaban J connectivity index is 1.67. The van der Waals surface area contributed by atoms with E-state index in [1.165, 1.54) is 22.3 Å². The molecule has 2 heterocycles. The quantitative estimate of drug-likeness (QED) is 0.761. The van der Waals surface area contributed by atoms with Crippen molar-refractivity contribution in [2.45, 2.75) is 45.2 Å². The van der Waals surface area contributed by atoms with Crippen molar-refractivity contribution in [2.75, 3.05) is 0 Å². The van der Waals surface area contributed by atoms with Crippen molar-refractivity contribution in [2.24, 2.45) is 5.92 Å². The first-order chi connectivity index (χ1) is 12.5. The van der Waals surface area contributed by atoms with Gasteiger partial charge in [-0.25, -0.2) is 5.01 Å². The Morgan fingerprint density at radius 3 is 2.58 bits per heavy atom. The molecule has 3 aliphatic rings. The summed E-state index contributed by atoms with van der Waals surface area (Å²) in [5.41, 5.74) is 6.24. The number of rotatable bonds is 1. The molecular formula is C23H24N2O. The van der Waals surface area contributed by atoms with Crippen LogP contribution < -0.4 is 0 Å². The topological polar surface area (TPSA) is 23.6 Å². The van der Waals surface area contributed by atoms with Gasteiger partial charge in [0.2, 0.25) is 5.91 Å². The van der Waals surface area contributed by atoms with E-state index < -0.39 is 0 Å². The Hall–Kier alpha value is -2.39. The Bertz CT molecular complexity index is 925. The molecule has 1 aliphatic carbocycles. The SMILES string of the molecule is Cc1ccc(/C=C2\C3Cc4ccccc4C3N3N2C(=O)CC3(C)C)cc1.